The Morgan fingerprint density at radius 1 is 1.12 bits per heavy atom. The van der Waals surface area contributed by atoms with Gasteiger partial charge in [0.1, 0.15) is 12.3 Å². The summed E-state index contributed by atoms with van der Waals surface area (Å²) in [5.41, 5.74) is 2.00. The molecule has 0 spiro atoms. The van der Waals surface area contributed by atoms with E-state index in [9.17, 15) is 4.79 Å². The molecule has 0 atom stereocenters. The Balaban J connectivity index is 1.51. The van der Waals surface area contributed by atoms with Crippen LogP contribution in [0, 0.1) is 0 Å². The largest absolute Gasteiger partial charge is 0.497 e. The summed E-state index contributed by atoms with van der Waals surface area (Å²) in [6, 6.07) is 17.4. The number of nitrogens with one attached hydrogen (secondary N) is 1. The molecule has 1 amide bonds. The molecule has 3 rings (SSSR count). The average molecular weight is 337 g/mol. The van der Waals surface area contributed by atoms with Gasteiger partial charge in [-0.05, 0) is 41.5 Å². The zero-order chi connectivity index (χ0) is 17.5. The molecule has 1 heterocycles. The molecule has 0 unspecified atom stereocenters. The number of methoxy groups -OCH3 is 1. The van der Waals surface area contributed by atoms with E-state index < -0.39 is 0 Å². The number of nitrogens with zero attached hydrogens (tertiary/aromatic N) is 4. The highest BCUT2D eigenvalue weighted by Crippen LogP contribution is 2.18. The Hall–Kier alpha value is -3.22. The maximum absolute atomic E-state index is 12.0. The van der Waals surface area contributed by atoms with Crippen molar-refractivity contribution in [2.75, 3.05) is 13.7 Å². The van der Waals surface area contributed by atoms with Gasteiger partial charge in [-0.15, -0.1) is 10.2 Å². The second-order valence-electron chi connectivity index (χ2n) is 5.46. The van der Waals surface area contributed by atoms with E-state index in [4.69, 9.17) is 4.74 Å². The molecule has 0 saturated carbocycles. The number of amides is 1. The molecule has 0 radical (unpaired) electrons. The monoisotopic (exact) mass is 337 g/mol. The van der Waals surface area contributed by atoms with E-state index in [0.29, 0.717) is 12.4 Å². The highest BCUT2D eigenvalue weighted by Gasteiger charge is 2.09. The van der Waals surface area contributed by atoms with E-state index in [1.165, 1.54) is 10.4 Å². The minimum Gasteiger partial charge on any atom is -0.497 e. The van der Waals surface area contributed by atoms with Gasteiger partial charge in [0.25, 0.3) is 0 Å². The van der Waals surface area contributed by atoms with Crippen LogP contribution in [0.2, 0.25) is 0 Å². The van der Waals surface area contributed by atoms with E-state index in [2.05, 4.69) is 20.7 Å². The van der Waals surface area contributed by atoms with Gasteiger partial charge in [0.05, 0.1) is 7.11 Å². The lowest BCUT2D eigenvalue weighted by atomic mass is 10.1. The number of carbonyl (C=O) groups is 1. The van der Waals surface area contributed by atoms with Crippen molar-refractivity contribution < 1.29 is 9.53 Å². The number of benzene rings is 2. The lowest BCUT2D eigenvalue weighted by Crippen LogP contribution is -2.30. The van der Waals surface area contributed by atoms with Crippen LogP contribution >= 0.6 is 0 Å². The van der Waals surface area contributed by atoms with Crippen LogP contribution in [0.25, 0.3) is 11.4 Å². The third-order valence-electron chi connectivity index (χ3n) is 3.66. The van der Waals surface area contributed by atoms with Crippen molar-refractivity contribution in [3.8, 4) is 17.1 Å². The number of carbonyl (C=O) groups excluding carboxylic acids is 1. The van der Waals surface area contributed by atoms with Crippen molar-refractivity contribution in [1.29, 1.82) is 0 Å². The fraction of sp³-hybridized carbons (Fsp3) is 0.222. The first-order valence-electron chi connectivity index (χ1n) is 7.97. The molecule has 0 bridgehead atoms. The van der Waals surface area contributed by atoms with Crippen molar-refractivity contribution in [3.63, 3.8) is 0 Å². The normalized spacial score (nSPS) is 10.4. The molecule has 3 aromatic rings. The van der Waals surface area contributed by atoms with E-state index in [1.807, 2.05) is 54.6 Å². The van der Waals surface area contributed by atoms with Crippen LogP contribution in [0.5, 0.6) is 5.75 Å². The van der Waals surface area contributed by atoms with Crippen molar-refractivity contribution in [2.45, 2.75) is 13.0 Å². The van der Waals surface area contributed by atoms with Crippen molar-refractivity contribution in [1.82, 2.24) is 25.5 Å². The molecule has 2 aromatic carbocycles. The summed E-state index contributed by atoms with van der Waals surface area (Å²) in [5.74, 6) is 1.09. The molecule has 1 N–H and O–H groups in total. The van der Waals surface area contributed by atoms with Crippen LogP contribution in [-0.4, -0.2) is 39.8 Å². The smallest absolute Gasteiger partial charge is 0.243 e. The fourth-order valence-corrected chi connectivity index (χ4v) is 2.34. The van der Waals surface area contributed by atoms with E-state index in [-0.39, 0.29) is 12.5 Å². The molecule has 7 heteroatoms. The number of ether oxygens (including phenoxy) is 1. The summed E-state index contributed by atoms with van der Waals surface area (Å²) in [4.78, 5) is 13.3. The molecule has 0 saturated heterocycles. The summed E-state index contributed by atoms with van der Waals surface area (Å²) in [6.07, 6.45) is 0.786. The quantitative estimate of drug-likeness (QED) is 0.710. The number of hydrogen-bond donors (Lipinski definition) is 1. The second kappa shape index (κ2) is 8.05. The highest BCUT2D eigenvalue weighted by atomic mass is 16.5. The van der Waals surface area contributed by atoms with E-state index >= 15 is 0 Å². The molecule has 0 aliphatic carbocycles. The van der Waals surface area contributed by atoms with Crippen molar-refractivity contribution in [2.24, 2.45) is 0 Å². The van der Waals surface area contributed by atoms with Crippen LogP contribution in [0.1, 0.15) is 5.56 Å². The number of tetrazole rings is 1. The zero-order valence-electron chi connectivity index (χ0n) is 13.9. The minimum atomic E-state index is -0.144. The van der Waals surface area contributed by atoms with Gasteiger partial charge in [-0.25, -0.2) is 0 Å². The van der Waals surface area contributed by atoms with Crippen molar-refractivity contribution >= 4 is 5.91 Å². The third kappa shape index (κ3) is 4.63. The van der Waals surface area contributed by atoms with Crippen LogP contribution in [0.15, 0.2) is 54.6 Å². The molecular formula is C18H19N5O2. The first-order chi connectivity index (χ1) is 12.2. The second-order valence-corrected chi connectivity index (χ2v) is 5.46. The molecule has 25 heavy (non-hydrogen) atoms. The highest BCUT2D eigenvalue weighted by molar-refractivity contribution is 5.75. The SMILES string of the molecule is COc1ccc(-c2nnn(CC(=O)NCCc3ccccc3)n2)cc1. The van der Waals surface area contributed by atoms with Crippen LogP contribution in [0.3, 0.4) is 0 Å². The van der Waals surface area contributed by atoms with Crippen molar-refractivity contribution in [3.05, 3.63) is 60.2 Å². The molecule has 0 aliphatic heterocycles. The lowest BCUT2D eigenvalue weighted by molar-refractivity contribution is -0.122. The van der Waals surface area contributed by atoms with E-state index in [1.54, 1.807) is 7.11 Å². The first-order valence-corrected chi connectivity index (χ1v) is 7.97. The predicted molar refractivity (Wildman–Crippen MR) is 93.0 cm³/mol. The Kier molecular flexibility index (Phi) is 5.36. The third-order valence-corrected chi connectivity index (χ3v) is 3.66. The zero-order valence-corrected chi connectivity index (χ0v) is 13.9. The summed E-state index contributed by atoms with van der Waals surface area (Å²) in [5, 5.41) is 15.0. The molecule has 0 aliphatic rings. The Bertz CT molecular complexity index is 815. The van der Waals surface area contributed by atoms with Gasteiger partial charge in [0, 0.05) is 12.1 Å². The molecule has 1 aromatic heterocycles. The van der Waals surface area contributed by atoms with Gasteiger partial charge < -0.3 is 10.1 Å². The Morgan fingerprint density at radius 3 is 2.60 bits per heavy atom. The molecule has 0 fully saturated rings. The Morgan fingerprint density at radius 2 is 1.88 bits per heavy atom. The maximum atomic E-state index is 12.0. The lowest BCUT2D eigenvalue weighted by Gasteiger charge is -2.04. The topological polar surface area (TPSA) is 81.9 Å². The molecular weight excluding hydrogens is 318 g/mol. The average Bonchev–Trinajstić information content (AvgIpc) is 3.11. The van der Waals surface area contributed by atoms with Gasteiger partial charge in [-0.1, -0.05) is 30.3 Å². The van der Waals surface area contributed by atoms with Crippen LogP contribution in [0.4, 0.5) is 0 Å². The standard InChI is InChI=1S/C18H19N5O2/c1-25-16-9-7-15(8-10-16)18-20-22-23(21-18)13-17(24)19-12-11-14-5-3-2-4-6-14/h2-10H,11-13H2,1H3,(H,19,24). The van der Waals surface area contributed by atoms with Gasteiger partial charge in [0.2, 0.25) is 11.7 Å². The number of hydrogen-bond acceptors (Lipinski definition) is 5. The molecule has 7 nitrogen and oxygen atoms in total. The van der Waals surface area contributed by atoms with Gasteiger partial charge >= 0.3 is 0 Å². The van der Waals surface area contributed by atoms with Crippen LogP contribution < -0.4 is 10.1 Å². The summed E-state index contributed by atoms with van der Waals surface area (Å²) in [7, 11) is 1.61. The maximum Gasteiger partial charge on any atom is 0.243 e. The number of aromatic nitrogens is 4. The van der Waals surface area contributed by atoms with Crippen LogP contribution in [-0.2, 0) is 17.8 Å². The summed E-state index contributed by atoms with van der Waals surface area (Å²) in [6.45, 7) is 0.612. The number of rotatable bonds is 7. The first kappa shape index (κ1) is 16.6. The predicted octanol–water partition coefficient (Wildman–Crippen LogP) is 1.71. The molecule has 128 valence electrons. The fourth-order valence-electron chi connectivity index (χ4n) is 2.34. The Labute approximate surface area is 145 Å². The summed E-state index contributed by atoms with van der Waals surface area (Å²) < 4.78 is 5.12. The van der Waals surface area contributed by atoms with Gasteiger partial charge in [-0.3, -0.25) is 4.79 Å². The van der Waals surface area contributed by atoms with Gasteiger partial charge in [-0.2, -0.15) is 4.80 Å². The van der Waals surface area contributed by atoms with E-state index in [0.717, 1.165) is 17.7 Å². The summed E-state index contributed by atoms with van der Waals surface area (Å²) >= 11 is 0. The van der Waals surface area contributed by atoms with Gasteiger partial charge in [0.15, 0.2) is 0 Å². The minimum absolute atomic E-state index is 0.0396.